The summed E-state index contributed by atoms with van der Waals surface area (Å²) in [6.07, 6.45) is 6.71. The molecule has 1 heterocycles. The van der Waals surface area contributed by atoms with E-state index in [0.29, 0.717) is 5.41 Å². The summed E-state index contributed by atoms with van der Waals surface area (Å²) in [5.74, 6) is 0. The lowest BCUT2D eigenvalue weighted by atomic mass is 9.78. The van der Waals surface area contributed by atoms with Crippen molar-refractivity contribution in [1.82, 2.24) is 9.80 Å². The summed E-state index contributed by atoms with van der Waals surface area (Å²) in [6, 6.07) is 6.76. The second kappa shape index (κ2) is 7.67. The molecule has 128 valence electrons. The Labute approximate surface area is 150 Å². The van der Waals surface area contributed by atoms with E-state index in [1.54, 1.807) is 11.1 Å². The van der Waals surface area contributed by atoms with Crippen molar-refractivity contribution in [2.75, 3.05) is 39.3 Å². The van der Waals surface area contributed by atoms with E-state index in [1.807, 2.05) is 0 Å². The van der Waals surface area contributed by atoms with Crippen molar-refractivity contribution >= 4 is 15.9 Å². The van der Waals surface area contributed by atoms with Gasteiger partial charge in [0.2, 0.25) is 0 Å². The van der Waals surface area contributed by atoms with Crippen molar-refractivity contribution in [3.63, 3.8) is 0 Å². The topological polar surface area (TPSA) is 6.48 Å². The fraction of sp³-hybridized carbons (Fsp3) is 0.700. The van der Waals surface area contributed by atoms with E-state index < -0.39 is 0 Å². The minimum absolute atomic E-state index is 0.538. The number of rotatable bonds is 5. The monoisotopic (exact) mass is 378 g/mol. The molecular formula is C20H31BrN2. The molecule has 3 heteroatoms. The standard InChI is InChI=1S/C20H31BrN2/c1-3-22(4-2)13-14-23-11-6-9-20(10-12-23)15-17-7-5-8-19(21)18(17)16-20/h5,7-8H,3-4,6,9-16H2,1-2H3. The number of likely N-dealkylation sites (tertiary alicyclic amines) is 1. The summed E-state index contributed by atoms with van der Waals surface area (Å²) in [4.78, 5) is 5.26. The fourth-order valence-corrected chi connectivity index (χ4v) is 5.07. The van der Waals surface area contributed by atoms with E-state index in [-0.39, 0.29) is 0 Å². The van der Waals surface area contributed by atoms with Crippen LogP contribution in [0.4, 0.5) is 0 Å². The second-order valence-corrected chi connectivity index (χ2v) is 8.31. The van der Waals surface area contributed by atoms with Gasteiger partial charge in [-0.2, -0.15) is 0 Å². The molecule has 0 bridgehead atoms. The van der Waals surface area contributed by atoms with Gasteiger partial charge in [-0.1, -0.05) is 41.9 Å². The Morgan fingerprint density at radius 2 is 1.96 bits per heavy atom. The Bertz CT molecular complexity index is 526. The van der Waals surface area contributed by atoms with Crippen LogP contribution in [0, 0.1) is 5.41 Å². The lowest BCUT2D eigenvalue weighted by Crippen LogP contribution is -2.36. The zero-order valence-corrected chi connectivity index (χ0v) is 16.4. The van der Waals surface area contributed by atoms with E-state index in [9.17, 15) is 0 Å². The quantitative estimate of drug-likeness (QED) is 0.750. The van der Waals surface area contributed by atoms with Gasteiger partial charge >= 0.3 is 0 Å². The molecule has 0 aromatic heterocycles. The van der Waals surface area contributed by atoms with Crippen LogP contribution in [0.3, 0.4) is 0 Å². The van der Waals surface area contributed by atoms with Gasteiger partial charge in [-0.3, -0.25) is 0 Å². The van der Waals surface area contributed by atoms with Crippen LogP contribution in [0.2, 0.25) is 0 Å². The smallest absolute Gasteiger partial charge is 0.0210 e. The van der Waals surface area contributed by atoms with E-state index in [0.717, 1.165) is 0 Å². The van der Waals surface area contributed by atoms with Crippen LogP contribution in [0.25, 0.3) is 0 Å². The highest BCUT2D eigenvalue weighted by atomic mass is 79.9. The lowest BCUT2D eigenvalue weighted by molar-refractivity contribution is 0.206. The van der Waals surface area contributed by atoms with Crippen LogP contribution < -0.4 is 0 Å². The van der Waals surface area contributed by atoms with E-state index in [4.69, 9.17) is 0 Å². The van der Waals surface area contributed by atoms with Crippen LogP contribution in [0.1, 0.15) is 44.2 Å². The summed E-state index contributed by atoms with van der Waals surface area (Å²) >= 11 is 3.77. The summed E-state index contributed by atoms with van der Waals surface area (Å²) in [5, 5.41) is 0. The first-order valence-electron chi connectivity index (χ1n) is 9.37. The zero-order valence-electron chi connectivity index (χ0n) is 14.8. The third-order valence-corrected chi connectivity index (χ3v) is 6.84. The molecule has 0 radical (unpaired) electrons. The van der Waals surface area contributed by atoms with Crippen molar-refractivity contribution in [2.24, 2.45) is 5.41 Å². The minimum Gasteiger partial charge on any atom is -0.303 e. The molecule has 3 rings (SSSR count). The minimum atomic E-state index is 0.538. The summed E-state index contributed by atoms with van der Waals surface area (Å²) in [6.45, 7) is 12.0. The summed E-state index contributed by atoms with van der Waals surface area (Å²) in [5.41, 5.74) is 3.72. The SMILES string of the molecule is CCN(CC)CCN1CCCC2(CC1)Cc1cccc(Br)c1C2. The van der Waals surface area contributed by atoms with E-state index in [1.165, 1.54) is 75.8 Å². The van der Waals surface area contributed by atoms with Gasteiger partial charge in [0.25, 0.3) is 0 Å². The highest BCUT2D eigenvalue weighted by Gasteiger charge is 2.38. The second-order valence-electron chi connectivity index (χ2n) is 7.45. The fourth-order valence-electron chi connectivity index (χ4n) is 4.52. The van der Waals surface area contributed by atoms with Crippen LogP contribution in [-0.2, 0) is 12.8 Å². The van der Waals surface area contributed by atoms with Gasteiger partial charge in [0.05, 0.1) is 0 Å². The number of likely N-dealkylation sites (N-methyl/N-ethyl adjacent to an activating group) is 1. The number of hydrogen-bond donors (Lipinski definition) is 0. The van der Waals surface area contributed by atoms with Gasteiger partial charge in [0, 0.05) is 17.6 Å². The van der Waals surface area contributed by atoms with Crippen molar-refractivity contribution < 1.29 is 0 Å². The van der Waals surface area contributed by atoms with Crippen LogP contribution in [0.5, 0.6) is 0 Å². The highest BCUT2D eigenvalue weighted by molar-refractivity contribution is 9.10. The molecule has 1 spiro atoms. The molecule has 1 atom stereocenters. The van der Waals surface area contributed by atoms with Crippen molar-refractivity contribution in [3.8, 4) is 0 Å². The van der Waals surface area contributed by atoms with Gasteiger partial charge in [0.1, 0.15) is 0 Å². The van der Waals surface area contributed by atoms with E-state index >= 15 is 0 Å². The summed E-state index contributed by atoms with van der Waals surface area (Å²) < 4.78 is 1.33. The normalized spacial score (nSPS) is 25.0. The third-order valence-electron chi connectivity index (χ3n) is 6.10. The first-order valence-corrected chi connectivity index (χ1v) is 10.2. The number of hydrogen-bond acceptors (Lipinski definition) is 2. The van der Waals surface area contributed by atoms with Gasteiger partial charge in [-0.25, -0.2) is 0 Å². The number of benzene rings is 1. The molecule has 0 N–H and O–H groups in total. The number of fused-ring (bicyclic) bond motifs is 1. The van der Waals surface area contributed by atoms with Crippen LogP contribution >= 0.6 is 15.9 Å². The number of halogens is 1. The molecule has 2 aliphatic rings. The lowest BCUT2D eigenvalue weighted by Gasteiger charge is -2.28. The Kier molecular flexibility index (Phi) is 5.82. The molecule has 1 aliphatic heterocycles. The molecule has 1 fully saturated rings. The predicted octanol–water partition coefficient (Wildman–Crippen LogP) is 4.36. The van der Waals surface area contributed by atoms with Gasteiger partial charge < -0.3 is 9.80 Å². The molecule has 1 aromatic rings. The van der Waals surface area contributed by atoms with Crippen molar-refractivity contribution in [2.45, 2.75) is 46.0 Å². The van der Waals surface area contributed by atoms with Crippen LogP contribution in [0.15, 0.2) is 22.7 Å². The first kappa shape index (κ1) is 17.4. The average molecular weight is 379 g/mol. The van der Waals surface area contributed by atoms with Gasteiger partial charge in [-0.15, -0.1) is 0 Å². The van der Waals surface area contributed by atoms with Crippen molar-refractivity contribution in [3.05, 3.63) is 33.8 Å². The average Bonchev–Trinajstić information content (AvgIpc) is 2.81. The van der Waals surface area contributed by atoms with Crippen molar-refractivity contribution in [1.29, 1.82) is 0 Å². The molecule has 1 unspecified atom stereocenters. The molecule has 1 aromatic carbocycles. The third kappa shape index (κ3) is 4.00. The predicted molar refractivity (Wildman–Crippen MR) is 102 cm³/mol. The van der Waals surface area contributed by atoms with E-state index in [2.05, 4.69) is 57.8 Å². The Morgan fingerprint density at radius 1 is 1.13 bits per heavy atom. The Balaban J connectivity index is 1.58. The molecule has 0 saturated carbocycles. The highest BCUT2D eigenvalue weighted by Crippen LogP contribution is 2.46. The number of nitrogens with zero attached hydrogens (tertiary/aromatic N) is 2. The Hall–Kier alpha value is -0.380. The Morgan fingerprint density at radius 3 is 2.70 bits per heavy atom. The molecule has 1 saturated heterocycles. The largest absolute Gasteiger partial charge is 0.303 e. The zero-order chi connectivity index (χ0) is 16.3. The van der Waals surface area contributed by atoms with Gasteiger partial charge in [0.15, 0.2) is 0 Å². The maximum atomic E-state index is 3.77. The first-order chi connectivity index (χ1) is 11.2. The molecule has 2 nitrogen and oxygen atoms in total. The molecule has 0 amide bonds. The summed E-state index contributed by atoms with van der Waals surface area (Å²) in [7, 11) is 0. The molecule has 23 heavy (non-hydrogen) atoms. The molecular weight excluding hydrogens is 348 g/mol. The molecule has 1 aliphatic carbocycles. The van der Waals surface area contributed by atoms with Crippen LogP contribution in [-0.4, -0.2) is 49.1 Å². The maximum Gasteiger partial charge on any atom is 0.0210 e. The van der Waals surface area contributed by atoms with Gasteiger partial charge in [-0.05, 0) is 80.9 Å². The maximum absolute atomic E-state index is 3.77.